The molecule has 116 valence electrons. The molecule has 1 unspecified atom stereocenters. The van der Waals surface area contributed by atoms with Crippen LogP contribution in [0.25, 0.3) is 0 Å². The van der Waals surface area contributed by atoms with Crippen molar-refractivity contribution in [1.29, 1.82) is 0 Å². The van der Waals surface area contributed by atoms with Crippen LogP contribution in [0.2, 0.25) is 0 Å². The van der Waals surface area contributed by atoms with Crippen LogP contribution < -0.4 is 16.2 Å². The first-order valence-corrected chi connectivity index (χ1v) is 7.72. The summed E-state index contributed by atoms with van der Waals surface area (Å²) < 4.78 is 1.64. The summed E-state index contributed by atoms with van der Waals surface area (Å²) in [6.45, 7) is 8.45. The maximum atomic E-state index is 12.7. The smallest absolute Gasteiger partial charge is 0.250 e. The predicted octanol–water partition coefficient (Wildman–Crippen LogP) is 1.83. The molecule has 1 aliphatic rings. The highest BCUT2D eigenvalue weighted by molar-refractivity contribution is 5.95. The van der Waals surface area contributed by atoms with Crippen molar-refractivity contribution in [2.75, 3.05) is 18.4 Å². The van der Waals surface area contributed by atoms with Crippen molar-refractivity contribution in [3.8, 4) is 0 Å². The van der Waals surface area contributed by atoms with E-state index in [0.717, 1.165) is 19.4 Å². The van der Waals surface area contributed by atoms with Gasteiger partial charge in [0.25, 0.3) is 5.56 Å². The monoisotopic (exact) mass is 291 g/mol. The van der Waals surface area contributed by atoms with Gasteiger partial charge in [0.05, 0.1) is 11.1 Å². The molecule has 0 bridgehead atoms. The Morgan fingerprint density at radius 3 is 2.81 bits per heavy atom. The molecule has 1 aromatic rings. The van der Waals surface area contributed by atoms with E-state index in [0.29, 0.717) is 18.8 Å². The van der Waals surface area contributed by atoms with E-state index in [2.05, 4.69) is 24.5 Å². The lowest BCUT2D eigenvalue weighted by molar-refractivity contribution is -0.126. The Hall–Kier alpha value is -1.62. The van der Waals surface area contributed by atoms with Crippen molar-refractivity contribution >= 4 is 11.6 Å². The van der Waals surface area contributed by atoms with Crippen molar-refractivity contribution in [2.45, 2.75) is 40.2 Å². The minimum atomic E-state index is -0.355. The third kappa shape index (κ3) is 3.18. The number of carbonyl (C=O) groups is 1. The lowest BCUT2D eigenvalue weighted by atomic mass is 9.75. The third-order valence-electron chi connectivity index (χ3n) is 4.45. The summed E-state index contributed by atoms with van der Waals surface area (Å²) in [5.41, 5.74) is 0.307. The Bertz CT molecular complexity index is 557. The number of hydrogen-bond acceptors (Lipinski definition) is 3. The molecular formula is C16H25N3O2. The molecule has 5 nitrogen and oxygen atoms in total. The highest BCUT2D eigenvalue weighted by Gasteiger charge is 2.43. The van der Waals surface area contributed by atoms with Crippen LogP contribution in [-0.4, -0.2) is 23.6 Å². The van der Waals surface area contributed by atoms with E-state index in [9.17, 15) is 9.59 Å². The van der Waals surface area contributed by atoms with Crippen molar-refractivity contribution < 1.29 is 4.79 Å². The second kappa shape index (κ2) is 6.43. The van der Waals surface area contributed by atoms with Gasteiger partial charge in [0.2, 0.25) is 5.91 Å². The predicted molar refractivity (Wildman–Crippen MR) is 84.4 cm³/mol. The van der Waals surface area contributed by atoms with Crippen LogP contribution in [0.4, 0.5) is 5.69 Å². The first kappa shape index (κ1) is 15.8. The van der Waals surface area contributed by atoms with Gasteiger partial charge in [0.15, 0.2) is 0 Å². The maximum Gasteiger partial charge on any atom is 0.250 e. The first-order valence-electron chi connectivity index (χ1n) is 7.72. The van der Waals surface area contributed by atoms with Gasteiger partial charge in [0.1, 0.15) is 0 Å². The highest BCUT2D eigenvalue weighted by atomic mass is 16.2. The number of aryl methyl sites for hydroxylation is 1. The van der Waals surface area contributed by atoms with Crippen LogP contribution in [-0.2, 0) is 11.3 Å². The first-order chi connectivity index (χ1) is 9.99. The van der Waals surface area contributed by atoms with E-state index in [1.807, 2.05) is 6.92 Å². The van der Waals surface area contributed by atoms with Gasteiger partial charge in [-0.1, -0.05) is 20.8 Å². The van der Waals surface area contributed by atoms with E-state index in [1.54, 1.807) is 16.8 Å². The van der Waals surface area contributed by atoms with Gasteiger partial charge in [-0.3, -0.25) is 9.59 Å². The fourth-order valence-electron chi connectivity index (χ4n) is 2.94. The minimum absolute atomic E-state index is 0.0315. The molecule has 21 heavy (non-hydrogen) atoms. The minimum Gasteiger partial charge on any atom is -0.324 e. The Labute approximate surface area is 125 Å². The zero-order valence-corrected chi connectivity index (χ0v) is 13.1. The molecule has 0 radical (unpaired) electrons. The molecule has 2 heterocycles. The van der Waals surface area contributed by atoms with Crippen LogP contribution in [0.15, 0.2) is 23.1 Å². The van der Waals surface area contributed by atoms with Gasteiger partial charge in [0, 0.05) is 25.4 Å². The molecule has 0 aromatic carbocycles. The van der Waals surface area contributed by atoms with Crippen molar-refractivity contribution in [3.05, 3.63) is 28.7 Å². The molecule has 2 rings (SSSR count). The number of carbonyl (C=O) groups excluding carboxylic acids is 1. The molecule has 1 aromatic heterocycles. The Morgan fingerprint density at radius 2 is 2.24 bits per heavy atom. The zero-order chi connectivity index (χ0) is 15.5. The van der Waals surface area contributed by atoms with Crippen molar-refractivity contribution in [2.24, 2.45) is 11.3 Å². The molecule has 1 aliphatic heterocycles. The quantitative estimate of drug-likeness (QED) is 0.870. The molecule has 1 atom stereocenters. The van der Waals surface area contributed by atoms with Crippen LogP contribution in [0, 0.1) is 11.3 Å². The molecule has 1 saturated heterocycles. The molecular weight excluding hydrogens is 266 g/mol. The van der Waals surface area contributed by atoms with Gasteiger partial charge in [-0.05, 0) is 31.4 Å². The molecule has 1 amide bonds. The number of anilines is 1. The summed E-state index contributed by atoms with van der Waals surface area (Å²) >= 11 is 0. The number of nitrogens with zero attached hydrogens (tertiary/aromatic N) is 1. The summed E-state index contributed by atoms with van der Waals surface area (Å²) in [5, 5.41) is 6.28. The number of nitrogens with one attached hydrogen (secondary N) is 2. The summed E-state index contributed by atoms with van der Waals surface area (Å²) in [4.78, 5) is 24.4. The summed E-state index contributed by atoms with van der Waals surface area (Å²) in [6, 6.07) is 3.20. The summed E-state index contributed by atoms with van der Waals surface area (Å²) in [7, 11) is 0. The van der Waals surface area contributed by atoms with Gasteiger partial charge in [-0.15, -0.1) is 0 Å². The molecule has 5 heteroatoms. The van der Waals surface area contributed by atoms with Crippen LogP contribution in [0.3, 0.4) is 0 Å². The SMILES string of the molecule is CCCn1cc(NC(=O)C2(C(C)C)CCNC2)ccc1=O. The van der Waals surface area contributed by atoms with Gasteiger partial charge < -0.3 is 15.2 Å². The molecule has 0 spiro atoms. The van der Waals surface area contributed by atoms with E-state index in [1.165, 1.54) is 6.07 Å². The van der Waals surface area contributed by atoms with Gasteiger partial charge in [-0.2, -0.15) is 0 Å². The number of pyridine rings is 1. The van der Waals surface area contributed by atoms with E-state index >= 15 is 0 Å². The number of hydrogen-bond donors (Lipinski definition) is 2. The molecule has 1 fully saturated rings. The van der Waals surface area contributed by atoms with E-state index in [4.69, 9.17) is 0 Å². The fourth-order valence-corrected chi connectivity index (χ4v) is 2.94. The third-order valence-corrected chi connectivity index (χ3v) is 4.45. The maximum absolute atomic E-state index is 12.7. The second-order valence-corrected chi connectivity index (χ2v) is 6.14. The zero-order valence-electron chi connectivity index (χ0n) is 13.1. The Balaban J connectivity index is 2.19. The van der Waals surface area contributed by atoms with Gasteiger partial charge in [-0.25, -0.2) is 0 Å². The summed E-state index contributed by atoms with van der Waals surface area (Å²) in [6.07, 6.45) is 3.47. The second-order valence-electron chi connectivity index (χ2n) is 6.14. The molecule has 0 saturated carbocycles. The fraction of sp³-hybridized carbons (Fsp3) is 0.625. The number of amides is 1. The number of rotatable bonds is 5. The van der Waals surface area contributed by atoms with Gasteiger partial charge >= 0.3 is 0 Å². The van der Waals surface area contributed by atoms with Crippen molar-refractivity contribution in [3.63, 3.8) is 0 Å². The van der Waals surface area contributed by atoms with E-state index in [-0.39, 0.29) is 22.8 Å². The Kier molecular flexibility index (Phi) is 4.83. The lowest BCUT2D eigenvalue weighted by Gasteiger charge is -2.31. The van der Waals surface area contributed by atoms with Crippen molar-refractivity contribution in [1.82, 2.24) is 9.88 Å². The standard InChI is InChI=1S/C16H25N3O2/c1-4-9-19-10-13(5-6-14(19)20)18-15(21)16(12(2)3)7-8-17-11-16/h5-6,10,12,17H,4,7-9,11H2,1-3H3,(H,18,21). The number of aromatic nitrogens is 1. The summed E-state index contributed by atoms with van der Waals surface area (Å²) in [5.74, 6) is 0.318. The normalized spacial score (nSPS) is 21.7. The largest absolute Gasteiger partial charge is 0.324 e. The molecule has 2 N–H and O–H groups in total. The van der Waals surface area contributed by atoms with Crippen LogP contribution >= 0.6 is 0 Å². The average Bonchev–Trinajstić information content (AvgIpc) is 2.93. The lowest BCUT2D eigenvalue weighted by Crippen LogP contribution is -2.42. The topological polar surface area (TPSA) is 63.1 Å². The molecule has 0 aliphatic carbocycles. The van der Waals surface area contributed by atoms with E-state index < -0.39 is 0 Å². The van der Waals surface area contributed by atoms with Crippen LogP contribution in [0.5, 0.6) is 0 Å². The highest BCUT2D eigenvalue weighted by Crippen LogP contribution is 2.35. The van der Waals surface area contributed by atoms with Crippen LogP contribution in [0.1, 0.15) is 33.6 Å². The average molecular weight is 291 g/mol. The Morgan fingerprint density at radius 1 is 1.48 bits per heavy atom.